The van der Waals surface area contributed by atoms with Gasteiger partial charge in [0.1, 0.15) is 0 Å². The maximum Gasteiger partial charge on any atom is 0.250 e. The summed E-state index contributed by atoms with van der Waals surface area (Å²) in [5.74, 6) is 0. The Morgan fingerprint density at radius 3 is 2.62 bits per heavy atom. The number of nitrogens with zero attached hydrogens (tertiary/aromatic N) is 1. The van der Waals surface area contributed by atoms with Crippen molar-refractivity contribution < 1.29 is 4.21 Å². The first-order valence-electron chi connectivity index (χ1n) is 7.29. The van der Waals surface area contributed by atoms with Gasteiger partial charge in [0.25, 0.3) is 0 Å². The molecule has 1 aliphatic carbocycles. The minimum atomic E-state index is -0.953. The average molecular weight is 305 g/mol. The van der Waals surface area contributed by atoms with Gasteiger partial charge in [-0.05, 0) is 18.4 Å². The van der Waals surface area contributed by atoms with Gasteiger partial charge in [0.05, 0.1) is 0 Å². The Morgan fingerprint density at radius 2 is 2.05 bits per heavy atom. The van der Waals surface area contributed by atoms with Crippen LogP contribution in [0.3, 0.4) is 0 Å². The number of allylic oxidation sites excluding steroid dienone is 4. The summed E-state index contributed by atoms with van der Waals surface area (Å²) in [5, 5.41) is 0. The second-order valence-electron chi connectivity index (χ2n) is 5.90. The summed E-state index contributed by atoms with van der Waals surface area (Å²) in [7, 11) is 0.821. The van der Waals surface area contributed by atoms with Crippen molar-refractivity contribution in [3.63, 3.8) is 0 Å². The van der Waals surface area contributed by atoms with Gasteiger partial charge in [-0.25, -0.2) is 0 Å². The SMILES string of the molecule is CCCC1=CC=C(S(C)=O)CC1(C)c1ccc(=O)n(C)c1. The van der Waals surface area contributed by atoms with Crippen LogP contribution < -0.4 is 5.56 Å². The Morgan fingerprint density at radius 1 is 1.33 bits per heavy atom. The van der Waals surface area contributed by atoms with Crippen LogP contribution in [-0.4, -0.2) is 15.0 Å². The smallest absolute Gasteiger partial charge is 0.250 e. The largest absolute Gasteiger partial charge is 0.318 e. The molecule has 0 aromatic carbocycles. The number of pyridine rings is 1. The number of aryl methyl sites for hydroxylation is 1. The topological polar surface area (TPSA) is 39.1 Å². The fourth-order valence-corrected chi connectivity index (χ4v) is 3.68. The lowest BCUT2D eigenvalue weighted by atomic mass is 9.70. The van der Waals surface area contributed by atoms with Crippen molar-refractivity contribution >= 4 is 10.8 Å². The fraction of sp³-hybridized carbons (Fsp3) is 0.471. The van der Waals surface area contributed by atoms with Crippen molar-refractivity contribution in [3.05, 3.63) is 56.9 Å². The number of rotatable bonds is 4. The molecule has 2 unspecified atom stereocenters. The van der Waals surface area contributed by atoms with Gasteiger partial charge in [0, 0.05) is 46.7 Å². The Hall–Kier alpha value is -1.42. The first-order valence-corrected chi connectivity index (χ1v) is 8.85. The summed E-state index contributed by atoms with van der Waals surface area (Å²) < 4.78 is 13.5. The van der Waals surface area contributed by atoms with Gasteiger partial charge < -0.3 is 4.57 Å². The molecule has 0 spiro atoms. The summed E-state index contributed by atoms with van der Waals surface area (Å²) in [4.78, 5) is 12.6. The lowest BCUT2D eigenvalue weighted by molar-refractivity contribution is 0.521. The van der Waals surface area contributed by atoms with E-state index < -0.39 is 10.8 Å². The summed E-state index contributed by atoms with van der Waals surface area (Å²) in [6.07, 6.45) is 10.6. The van der Waals surface area contributed by atoms with Crippen molar-refractivity contribution in [1.82, 2.24) is 4.57 Å². The highest BCUT2D eigenvalue weighted by molar-refractivity contribution is 7.88. The van der Waals surface area contributed by atoms with Gasteiger partial charge in [0.2, 0.25) is 5.56 Å². The van der Waals surface area contributed by atoms with E-state index >= 15 is 0 Å². The molecule has 0 saturated carbocycles. The molecule has 21 heavy (non-hydrogen) atoms. The second kappa shape index (κ2) is 6.14. The monoisotopic (exact) mass is 305 g/mol. The predicted molar refractivity (Wildman–Crippen MR) is 88.8 cm³/mol. The molecule has 1 heterocycles. The van der Waals surface area contributed by atoms with Gasteiger partial charge in [-0.15, -0.1) is 0 Å². The molecule has 3 nitrogen and oxygen atoms in total. The van der Waals surface area contributed by atoms with Crippen LogP contribution in [-0.2, 0) is 23.3 Å². The first kappa shape index (κ1) is 16.0. The minimum absolute atomic E-state index is 0.00554. The molecule has 0 fully saturated rings. The minimum Gasteiger partial charge on any atom is -0.318 e. The molecular weight excluding hydrogens is 282 g/mol. The van der Waals surface area contributed by atoms with E-state index in [1.54, 1.807) is 23.9 Å². The van der Waals surface area contributed by atoms with Gasteiger partial charge in [-0.1, -0.05) is 44.1 Å². The number of hydrogen-bond donors (Lipinski definition) is 0. The zero-order valence-corrected chi connectivity index (χ0v) is 14.0. The van der Waals surface area contributed by atoms with Crippen LogP contribution in [0.15, 0.2) is 45.8 Å². The quantitative estimate of drug-likeness (QED) is 0.857. The number of aromatic nitrogens is 1. The van der Waals surface area contributed by atoms with Crippen LogP contribution >= 0.6 is 0 Å². The molecule has 2 rings (SSSR count). The fourth-order valence-electron chi connectivity index (χ4n) is 2.93. The third-order valence-corrected chi connectivity index (χ3v) is 5.34. The molecule has 114 valence electrons. The third kappa shape index (κ3) is 3.10. The molecule has 1 aliphatic rings. The van der Waals surface area contributed by atoms with Crippen LogP contribution in [0.25, 0.3) is 0 Å². The highest BCUT2D eigenvalue weighted by Gasteiger charge is 2.34. The van der Waals surface area contributed by atoms with E-state index in [1.165, 1.54) is 5.57 Å². The Labute approximate surface area is 128 Å². The maximum absolute atomic E-state index is 11.9. The molecule has 0 aliphatic heterocycles. The predicted octanol–water partition coefficient (Wildman–Crippen LogP) is 3.04. The van der Waals surface area contributed by atoms with Gasteiger partial charge in [-0.2, -0.15) is 0 Å². The summed E-state index contributed by atoms with van der Waals surface area (Å²) in [6, 6.07) is 3.53. The Balaban J connectivity index is 2.53. The zero-order valence-electron chi connectivity index (χ0n) is 13.2. The highest BCUT2D eigenvalue weighted by atomic mass is 32.2. The lowest BCUT2D eigenvalue weighted by Gasteiger charge is -2.36. The molecule has 0 saturated heterocycles. The van der Waals surface area contributed by atoms with Crippen molar-refractivity contribution in [1.29, 1.82) is 0 Å². The van der Waals surface area contributed by atoms with E-state index in [0.717, 1.165) is 29.7 Å². The Kier molecular flexibility index (Phi) is 4.67. The molecule has 0 amide bonds. The lowest BCUT2D eigenvalue weighted by Crippen LogP contribution is -2.30. The van der Waals surface area contributed by atoms with Gasteiger partial charge in [-0.3, -0.25) is 9.00 Å². The van der Waals surface area contributed by atoms with E-state index in [0.29, 0.717) is 0 Å². The van der Waals surface area contributed by atoms with Crippen molar-refractivity contribution in [3.8, 4) is 0 Å². The summed E-state index contributed by atoms with van der Waals surface area (Å²) >= 11 is 0. The molecule has 0 N–H and O–H groups in total. The zero-order chi connectivity index (χ0) is 15.6. The van der Waals surface area contributed by atoms with Crippen LogP contribution in [0.2, 0.25) is 0 Å². The van der Waals surface area contributed by atoms with E-state index in [4.69, 9.17) is 0 Å². The molecule has 1 aromatic rings. The highest BCUT2D eigenvalue weighted by Crippen LogP contribution is 2.42. The second-order valence-corrected chi connectivity index (χ2v) is 7.34. The van der Waals surface area contributed by atoms with Crippen LogP contribution in [0.5, 0.6) is 0 Å². The first-order chi connectivity index (χ1) is 9.88. The molecule has 0 radical (unpaired) electrons. The van der Waals surface area contributed by atoms with E-state index in [9.17, 15) is 9.00 Å². The number of hydrogen-bond acceptors (Lipinski definition) is 2. The van der Waals surface area contributed by atoms with E-state index in [2.05, 4.69) is 19.9 Å². The molecule has 0 bridgehead atoms. The molecule has 1 aromatic heterocycles. The normalized spacial score (nSPS) is 23.4. The molecule has 2 atom stereocenters. The Bertz CT molecular complexity index is 684. The van der Waals surface area contributed by atoms with E-state index in [1.807, 2.05) is 18.3 Å². The summed E-state index contributed by atoms with van der Waals surface area (Å²) in [5.41, 5.74) is 2.27. The van der Waals surface area contributed by atoms with E-state index in [-0.39, 0.29) is 11.0 Å². The molecular formula is C17H23NO2S. The van der Waals surface area contributed by atoms with Crippen LogP contribution in [0.1, 0.15) is 38.7 Å². The molecule has 4 heteroatoms. The van der Waals surface area contributed by atoms with Gasteiger partial charge in [0.15, 0.2) is 0 Å². The average Bonchev–Trinajstić information content (AvgIpc) is 2.44. The van der Waals surface area contributed by atoms with Crippen molar-refractivity contribution in [2.24, 2.45) is 7.05 Å². The van der Waals surface area contributed by atoms with Crippen molar-refractivity contribution in [2.45, 2.75) is 38.5 Å². The standard InChI is InChI=1S/C17H23NO2S/c1-5-6-13-7-9-15(21(4)20)11-17(13,2)14-8-10-16(19)18(3)12-14/h7-10,12H,5-6,11H2,1-4H3. The van der Waals surface area contributed by atoms with Crippen LogP contribution in [0.4, 0.5) is 0 Å². The third-order valence-electron chi connectivity index (χ3n) is 4.32. The van der Waals surface area contributed by atoms with Crippen LogP contribution in [0, 0.1) is 0 Å². The summed E-state index contributed by atoms with van der Waals surface area (Å²) in [6.45, 7) is 4.35. The van der Waals surface area contributed by atoms with Crippen molar-refractivity contribution in [2.75, 3.05) is 6.26 Å². The maximum atomic E-state index is 11.9. The van der Waals surface area contributed by atoms with Gasteiger partial charge >= 0.3 is 0 Å².